The van der Waals surface area contributed by atoms with Gasteiger partial charge in [0.2, 0.25) is 5.91 Å². The number of fused-ring (bicyclic) bond motifs is 1. The van der Waals surface area contributed by atoms with Crippen LogP contribution in [0.25, 0.3) is 5.78 Å². The van der Waals surface area contributed by atoms with Crippen LogP contribution in [0.4, 0.5) is 11.6 Å². The molecule has 1 saturated heterocycles. The predicted molar refractivity (Wildman–Crippen MR) is 92.4 cm³/mol. The Morgan fingerprint density at radius 2 is 2.08 bits per heavy atom. The highest BCUT2D eigenvalue weighted by Crippen LogP contribution is 2.30. The molecule has 2 atom stereocenters. The van der Waals surface area contributed by atoms with Crippen LogP contribution in [0.5, 0.6) is 0 Å². The highest BCUT2D eigenvalue weighted by molar-refractivity contribution is 6.30. The van der Waals surface area contributed by atoms with Gasteiger partial charge in [-0.1, -0.05) is 11.6 Å². The maximum atomic E-state index is 12.7. The summed E-state index contributed by atoms with van der Waals surface area (Å²) in [7, 11) is 0. The number of nitrogens with zero attached hydrogens (tertiary/aromatic N) is 5. The first-order chi connectivity index (χ1) is 12.1. The lowest BCUT2D eigenvalue weighted by Crippen LogP contribution is -2.43. The van der Waals surface area contributed by atoms with E-state index >= 15 is 0 Å². The molecule has 1 fully saturated rings. The van der Waals surface area contributed by atoms with Gasteiger partial charge in [0.15, 0.2) is 0 Å². The van der Waals surface area contributed by atoms with Gasteiger partial charge in [-0.05, 0) is 43.2 Å². The van der Waals surface area contributed by atoms with Gasteiger partial charge in [-0.25, -0.2) is 9.50 Å². The predicted octanol–water partition coefficient (Wildman–Crippen LogP) is 1.70. The van der Waals surface area contributed by atoms with E-state index in [4.69, 9.17) is 11.6 Å². The lowest BCUT2D eigenvalue weighted by Gasteiger charge is -2.28. The smallest absolute Gasteiger partial charge is 0.253 e. The van der Waals surface area contributed by atoms with Gasteiger partial charge in [-0.3, -0.25) is 10.1 Å². The van der Waals surface area contributed by atoms with Crippen molar-refractivity contribution in [3.05, 3.63) is 47.7 Å². The van der Waals surface area contributed by atoms with E-state index in [-0.39, 0.29) is 11.9 Å². The van der Waals surface area contributed by atoms with E-state index in [0.717, 1.165) is 5.69 Å². The number of halogens is 1. The lowest BCUT2D eigenvalue weighted by atomic mass is 10.2. The first-order valence-electron chi connectivity index (χ1n) is 7.82. The number of rotatable bonds is 3. The summed E-state index contributed by atoms with van der Waals surface area (Å²) in [6.45, 7) is 0. The van der Waals surface area contributed by atoms with Crippen molar-refractivity contribution in [1.82, 2.24) is 19.6 Å². The molecule has 0 aliphatic carbocycles. The number of carbonyl (C=O) groups is 1. The molecule has 3 aromatic rings. The number of aliphatic hydroxyl groups is 1. The van der Waals surface area contributed by atoms with Crippen LogP contribution in [0.1, 0.15) is 12.8 Å². The minimum atomic E-state index is -0.729. The molecule has 0 saturated carbocycles. The zero-order chi connectivity index (χ0) is 17.4. The maximum absolute atomic E-state index is 12.7. The molecule has 0 bridgehead atoms. The summed E-state index contributed by atoms with van der Waals surface area (Å²) in [5.74, 6) is 0.308. The normalized spacial score (nSPS) is 20.2. The molecule has 4 rings (SSSR count). The average Bonchev–Trinajstić information content (AvgIpc) is 3.18. The van der Waals surface area contributed by atoms with Crippen molar-refractivity contribution in [1.29, 1.82) is 0 Å². The Morgan fingerprint density at radius 1 is 1.28 bits per heavy atom. The second-order valence-corrected chi connectivity index (χ2v) is 6.18. The van der Waals surface area contributed by atoms with Crippen LogP contribution in [0, 0.1) is 0 Å². The quantitative estimate of drug-likeness (QED) is 0.740. The van der Waals surface area contributed by atoms with E-state index in [2.05, 4.69) is 20.4 Å². The number of carbonyl (C=O) groups excluding carboxylic acids is 1. The molecular weight excluding hydrogens is 344 g/mol. The summed E-state index contributed by atoms with van der Waals surface area (Å²) in [5.41, 5.74) is 0.735. The standard InChI is InChI=1S/C16H15ClN6O2/c17-10-2-4-11(5-3-10)23-12(6-7-13(23)24)14(25)19-15-20-16-18-8-1-9-22(16)21-15/h1-5,8-9,12-13,24H,6-7H2,(H,19,21,25). The molecule has 0 radical (unpaired) electrons. The van der Waals surface area contributed by atoms with Crippen LogP contribution in [0.15, 0.2) is 42.7 Å². The molecule has 1 amide bonds. The van der Waals surface area contributed by atoms with Gasteiger partial charge in [0.1, 0.15) is 12.3 Å². The Morgan fingerprint density at radius 3 is 2.84 bits per heavy atom. The zero-order valence-electron chi connectivity index (χ0n) is 13.1. The van der Waals surface area contributed by atoms with Crippen molar-refractivity contribution in [2.24, 2.45) is 0 Å². The molecule has 25 heavy (non-hydrogen) atoms. The number of amides is 1. The third-order valence-corrected chi connectivity index (χ3v) is 4.39. The SMILES string of the molecule is O=C(Nc1nc2ncccn2n1)C1CCC(O)N1c1ccc(Cl)cc1. The zero-order valence-corrected chi connectivity index (χ0v) is 13.8. The fourth-order valence-electron chi connectivity index (χ4n) is 2.99. The molecule has 1 aliphatic rings. The van der Waals surface area contributed by atoms with Gasteiger partial charge in [0, 0.05) is 23.1 Å². The fourth-order valence-corrected chi connectivity index (χ4v) is 3.12. The Kier molecular flexibility index (Phi) is 3.98. The first-order valence-corrected chi connectivity index (χ1v) is 8.20. The lowest BCUT2D eigenvalue weighted by molar-refractivity contribution is -0.117. The molecule has 128 valence electrons. The molecule has 2 N–H and O–H groups in total. The molecule has 2 aromatic heterocycles. The largest absolute Gasteiger partial charge is 0.374 e. The molecule has 2 unspecified atom stereocenters. The summed E-state index contributed by atoms with van der Waals surface area (Å²) in [5, 5.41) is 17.7. The Balaban J connectivity index is 1.56. The molecule has 1 aromatic carbocycles. The molecule has 8 nitrogen and oxygen atoms in total. The molecule has 1 aliphatic heterocycles. The van der Waals surface area contributed by atoms with Crippen LogP contribution >= 0.6 is 11.6 Å². The highest BCUT2D eigenvalue weighted by atomic mass is 35.5. The van der Waals surface area contributed by atoms with Crippen molar-refractivity contribution < 1.29 is 9.90 Å². The van der Waals surface area contributed by atoms with Crippen LogP contribution in [0.3, 0.4) is 0 Å². The maximum Gasteiger partial charge on any atom is 0.253 e. The Hall–Kier alpha value is -2.71. The summed E-state index contributed by atoms with van der Waals surface area (Å²) < 4.78 is 1.48. The van der Waals surface area contributed by atoms with Crippen LogP contribution < -0.4 is 10.2 Å². The van der Waals surface area contributed by atoms with E-state index in [9.17, 15) is 9.90 Å². The van der Waals surface area contributed by atoms with Crippen LogP contribution in [-0.4, -0.2) is 42.9 Å². The van der Waals surface area contributed by atoms with E-state index in [1.807, 2.05) is 0 Å². The summed E-state index contributed by atoms with van der Waals surface area (Å²) in [6, 6.07) is 8.23. The molecular formula is C16H15ClN6O2. The van der Waals surface area contributed by atoms with Gasteiger partial charge in [-0.15, -0.1) is 5.10 Å². The van der Waals surface area contributed by atoms with E-state index in [0.29, 0.717) is 23.6 Å². The van der Waals surface area contributed by atoms with Gasteiger partial charge in [-0.2, -0.15) is 4.98 Å². The third-order valence-electron chi connectivity index (χ3n) is 4.13. The molecule has 9 heteroatoms. The number of aromatic nitrogens is 4. The fraction of sp³-hybridized carbons (Fsp3) is 0.250. The molecule has 0 spiro atoms. The van der Waals surface area contributed by atoms with Crippen LogP contribution in [-0.2, 0) is 4.79 Å². The van der Waals surface area contributed by atoms with E-state index < -0.39 is 12.3 Å². The van der Waals surface area contributed by atoms with Crippen molar-refractivity contribution in [3.63, 3.8) is 0 Å². The molecule has 3 heterocycles. The second kappa shape index (κ2) is 6.30. The number of hydrogen-bond acceptors (Lipinski definition) is 6. The topological polar surface area (TPSA) is 95.7 Å². The minimum absolute atomic E-state index is 0.182. The third kappa shape index (κ3) is 3.01. The highest BCUT2D eigenvalue weighted by Gasteiger charge is 2.37. The summed E-state index contributed by atoms with van der Waals surface area (Å²) in [4.78, 5) is 22.6. The Labute approximate surface area is 148 Å². The summed E-state index contributed by atoms with van der Waals surface area (Å²) in [6.07, 6.45) is 3.60. The number of nitrogens with one attached hydrogen (secondary N) is 1. The number of aliphatic hydroxyl groups excluding tert-OH is 1. The number of anilines is 2. The van der Waals surface area contributed by atoms with E-state index in [1.54, 1.807) is 47.6 Å². The van der Waals surface area contributed by atoms with Gasteiger partial charge >= 0.3 is 0 Å². The van der Waals surface area contributed by atoms with Crippen molar-refractivity contribution in [2.45, 2.75) is 25.1 Å². The van der Waals surface area contributed by atoms with Crippen LogP contribution in [0.2, 0.25) is 5.02 Å². The minimum Gasteiger partial charge on any atom is -0.374 e. The monoisotopic (exact) mass is 358 g/mol. The average molecular weight is 359 g/mol. The van der Waals surface area contributed by atoms with E-state index in [1.165, 1.54) is 4.52 Å². The van der Waals surface area contributed by atoms with Crippen molar-refractivity contribution in [3.8, 4) is 0 Å². The number of hydrogen-bond donors (Lipinski definition) is 2. The van der Waals surface area contributed by atoms with Gasteiger partial charge in [0.05, 0.1) is 0 Å². The van der Waals surface area contributed by atoms with Crippen molar-refractivity contribution >= 4 is 34.9 Å². The summed E-state index contributed by atoms with van der Waals surface area (Å²) >= 11 is 5.91. The Bertz CT molecular complexity index is 879. The number of benzene rings is 1. The van der Waals surface area contributed by atoms with Crippen molar-refractivity contribution in [2.75, 3.05) is 10.2 Å². The second-order valence-electron chi connectivity index (χ2n) is 5.75. The first kappa shape index (κ1) is 15.8. The van der Waals surface area contributed by atoms with Gasteiger partial charge in [0.25, 0.3) is 11.7 Å². The van der Waals surface area contributed by atoms with Gasteiger partial charge < -0.3 is 10.0 Å².